The summed E-state index contributed by atoms with van der Waals surface area (Å²) in [4.78, 5) is 48.8. The van der Waals surface area contributed by atoms with Crippen LogP contribution in [0.2, 0.25) is 0 Å². The van der Waals surface area contributed by atoms with Gasteiger partial charge in [0, 0.05) is 33.6 Å². The Morgan fingerprint density at radius 1 is 1.25 bits per heavy atom. The number of imidazole rings is 1. The van der Waals surface area contributed by atoms with E-state index in [0.717, 1.165) is 49.7 Å². The molecule has 0 aliphatic carbocycles. The van der Waals surface area contributed by atoms with E-state index in [1.54, 1.807) is 16.5 Å². The number of piperidine rings is 1. The molecular formula is C20H26N4O4. The lowest BCUT2D eigenvalue weighted by molar-refractivity contribution is -0.124. The van der Waals surface area contributed by atoms with Crippen molar-refractivity contribution >= 4 is 29.6 Å². The Balaban J connectivity index is 2.01. The van der Waals surface area contributed by atoms with Gasteiger partial charge in [-0.2, -0.15) is 0 Å². The summed E-state index contributed by atoms with van der Waals surface area (Å²) in [6, 6.07) is 5.16. The molecule has 1 unspecified atom stereocenters. The highest BCUT2D eigenvalue weighted by Gasteiger charge is 2.26. The van der Waals surface area contributed by atoms with Crippen molar-refractivity contribution in [1.29, 1.82) is 0 Å². The molecule has 0 saturated carbocycles. The molecule has 1 aromatic carbocycles. The van der Waals surface area contributed by atoms with Gasteiger partial charge in [0.1, 0.15) is 12.3 Å². The van der Waals surface area contributed by atoms with Crippen LogP contribution in [0.25, 0.3) is 11.0 Å². The Kier molecular flexibility index (Phi) is 5.96. The van der Waals surface area contributed by atoms with E-state index in [1.165, 1.54) is 11.6 Å². The molecule has 1 fully saturated rings. The van der Waals surface area contributed by atoms with Crippen LogP contribution in [0.1, 0.15) is 43.2 Å². The summed E-state index contributed by atoms with van der Waals surface area (Å²) in [5.74, 6) is 0.0469. The van der Waals surface area contributed by atoms with Gasteiger partial charge in [-0.3, -0.25) is 18.7 Å². The van der Waals surface area contributed by atoms with Crippen molar-refractivity contribution in [2.24, 2.45) is 7.05 Å². The minimum Gasteiger partial charge on any atom is -0.357 e. The summed E-state index contributed by atoms with van der Waals surface area (Å²) < 4.78 is 3.03. The first kappa shape index (κ1) is 19.9. The highest BCUT2D eigenvalue weighted by atomic mass is 16.2. The van der Waals surface area contributed by atoms with Crippen molar-refractivity contribution in [3.63, 3.8) is 0 Å². The van der Waals surface area contributed by atoms with E-state index in [0.29, 0.717) is 11.4 Å². The zero-order chi connectivity index (χ0) is 20.3. The number of aryl methyl sites for hydroxylation is 1. The normalized spacial score (nSPS) is 16.1. The minimum atomic E-state index is -0.729. The summed E-state index contributed by atoms with van der Waals surface area (Å²) >= 11 is 0. The second-order valence-corrected chi connectivity index (χ2v) is 7.25. The van der Waals surface area contributed by atoms with Gasteiger partial charge in [-0.15, -0.1) is 0 Å². The lowest BCUT2D eigenvalue weighted by Crippen LogP contribution is -2.36. The van der Waals surface area contributed by atoms with Gasteiger partial charge in [-0.25, -0.2) is 4.79 Å². The van der Waals surface area contributed by atoms with Crippen LogP contribution in [0.3, 0.4) is 0 Å². The molecule has 1 aromatic heterocycles. The van der Waals surface area contributed by atoms with Crippen LogP contribution in [-0.2, 0) is 21.4 Å². The average molecular weight is 386 g/mol. The van der Waals surface area contributed by atoms with Gasteiger partial charge in [-0.1, -0.05) is 6.07 Å². The average Bonchev–Trinajstić information content (AvgIpc) is 2.98. The number of nitrogens with zero attached hydrogens (tertiary/aromatic N) is 3. The fourth-order valence-corrected chi connectivity index (χ4v) is 4.04. The Morgan fingerprint density at radius 3 is 2.57 bits per heavy atom. The number of likely N-dealkylation sites (tertiary alicyclic amines) is 1. The van der Waals surface area contributed by atoms with Crippen molar-refractivity contribution in [2.45, 2.75) is 37.6 Å². The minimum absolute atomic E-state index is 0.203. The number of aldehydes is 1. The third-order valence-corrected chi connectivity index (χ3v) is 5.68. The molecule has 0 spiro atoms. The molecule has 0 radical (unpaired) electrons. The topological polar surface area (TPSA) is 93.4 Å². The molecule has 3 rings (SSSR count). The number of aromatic nitrogens is 2. The lowest BCUT2D eigenvalue weighted by Gasteiger charge is -2.29. The first-order valence-electron chi connectivity index (χ1n) is 9.57. The van der Waals surface area contributed by atoms with E-state index in [4.69, 9.17) is 0 Å². The van der Waals surface area contributed by atoms with Crippen LogP contribution in [-0.4, -0.2) is 52.8 Å². The lowest BCUT2D eigenvalue weighted by atomic mass is 9.89. The van der Waals surface area contributed by atoms with Gasteiger partial charge in [0.15, 0.2) is 0 Å². The monoisotopic (exact) mass is 386 g/mol. The zero-order valence-electron chi connectivity index (χ0n) is 16.3. The standard InChI is InChI=1S/C20H26N4O4/c1-21-19(27)17(4-3-11-25)24-16-6-5-15(12-18(16)22(2)20(24)28)14-7-9-23(13-26)10-8-14/h5-6,11-14,17H,3-4,7-10H2,1-2H3,(H,21,27). The maximum absolute atomic E-state index is 12.9. The molecule has 2 amide bonds. The highest BCUT2D eigenvalue weighted by Crippen LogP contribution is 2.30. The number of benzene rings is 1. The number of carbonyl (C=O) groups excluding carboxylic acids is 3. The number of nitrogens with one attached hydrogen (secondary N) is 1. The molecule has 2 aromatic rings. The van der Waals surface area contributed by atoms with E-state index >= 15 is 0 Å². The maximum atomic E-state index is 12.9. The van der Waals surface area contributed by atoms with Crippen LogP contribution >= 0.6 is 0 Å². The highest BCUT2D eigenvalue weighted by molar-refractivity contribution is 5.84. The molecule has 1 N–H and O–H groups in total. The number of hydrogen-bond acceptors (Lipinski definition) is 4. The van der Waals surface area contributed by atoms with Gasteiger partial charge in [-0.05, 0) is 42.9 Å². The Hall–Kier alpha value is -2.90. The number of likely N-dealkylation sites (N-methyl/N-ethyl adjacent to an activating group) is 1. The molecule has 2 heterocycles. The fourth-order valence-electron chi connectivity index (χ4n) is 4.04. The van der Waals surface area contributed by atoms with Crippen molar-refractivity contribution in [3.05, 3.63) is 34.2 Å². The van der Waals surface area contributed by atoms with E-state index < -0.39 is 6.04 Å². The predicted molar refractivity (Wildman–Crippen MR) is 105 cm³/mol. The van der Waals surface area contributed by atoms with Gasteiger partial charge in [0.25, 0.3) is 0 Å². The summed E-state index contributed by atoms with van der Waals surface area (Å²) in [5, 5.41) is 2.59. The Bertz CT molecular complexity index is 938. The third-order valence-electron chi connectivity index (χ3n) is 5.68. The molecule has 1 atom stereocenters. The molecule has 8 nitrogen and oxygen atoms in total. The van der Waals surface area contributed by atoms with E-state index in [1.807, 2.05) is 18.2 Å². The molecular weight excluding hydrogens is 360 g/mol. The molecule has 1 aliphatic heterocycles. The van der Waals surface area contributed by atoms with Crippen LogP contribution in [0.15, 0.2) is 23.0 Å². The molecule has 8 heteroatoms. The van der Waals surface area contributed by atoms with Crippen LogP contribution in [0, 0.1) is 0 Å². The van der Waals surface area contributed by atoms with Gasteiger partial charge in [0.05, 0.1) is 11.0 Å². The number of hydrogen-bond donors (Lipinski definition) is 1. The molecule has 0 bridgehead atoms. The fraction of sp³-hybridized carbons (Fsp3) is 0.500. The molecule has 1 saturated heterocycles. The molecule has 150 valence electrons. The SMILES string of the molecule is CNC(=O)C(CCC=O)n1c(=O)n(C)c2cc(C3CCN(C=O)CC3)ccc21. The largest absolute Gasteiger partial charge is 0.357 e. The summed E-state index contributed by atoms with van der Waals surface area (Å²) in [5.41, 5.74) is 2.30. The van der Waals surface area contributed by atoms with E-state index in [9.17, 15) is 19.2 Å². The van der Waals surface area contributed by atoms with E-state index in [2.05, 4.69) is 5.32 Å². The molecule has 1 aliphatic rings. The van der Waals surface area contributed by atoms with Gasteiger partial charge in [0.2, 0.25) is 12.3 Å². The van der Waals surface area contributed by atoms with Gasteiger partial charge < -0.3 is 15.0 Å². The number of carbonyl (C=O) groups is 3. The summed E-state index contributed by atoms with van der Waals surface area (Å²) in [7, 11) is 3.22. The summed E-state index contributed by atoms with van der Waals surface area (Å²) in [6.45, 7) is 1.47. The number of amides is 2. The first-order chi connectivity index (χ1) is 13.5. The maximum Gasteiger partial charge on any atom is 0.329 e. The first-order valence-corrected chi connectivity index (χ1v) is 9.57. The van der Waals surface area contributed by atoms with Crippen LogP contribution < -0.4 is 11.0 Å². The predicted octanol–water partition coefficient (Wildman–Crippen LogP) is 0.942. The van der Waals surface area contributed by atoms with Crippen molar-refractivity contribution in [2.75, 3.05) is 20.1 Å². The Labute approximate surface area is 163 Å². The second kappa shape index (κ2) is 8.41. The van der Waals surface area contributed by atoms with Crippen LogP contribution in [0.4, 0.5) is 0 Å². The van der Waals surface area contributed by atoms with E-state index in [-0.39, 0.29) is 24.4 Å². The summed E-state index contributed by atoms with van der Waals surface area (Å²) in [6.07, 6.45) is 3.90. The zero-order valence-corrected chi connectivity index (χ0v) is 16.3. The van der Waals surface area contributed by atoms with Crippen LogP contribution in [0.5, 0.6) is 0 Å². The smallest absolute Gasteiger partial charge is 0.329 e. The van der Waals surface area contributed by atoms with Crippen molar-refractivity contribution < 1.29 is 14.4 Å². The number of rotatable bonds is 7. The second-order valence-electron chi connectivity index (χ2n) is 7.25. The molecule has 28 heavy (non-hydrogen) atoms. The van der Waals surface area contributed by atoms with Crippen molar-refractivity contribution in [3.8, 4) is 0 Å². The quantitative estimate of drug-likeness (QED) is 0.717. The van der Waals surface area contributed by atoms with Gasteiger partial charge >= 0.3 is 5.69 Å². The third kappa shape index (κ3) is 3.58. The Morgan fingerprint density at radius 2 is 1.96 bits per heavy atom. The number of fused-ring (bicyclic) bond motifs is 1. The van der Waals surface area contributed by atoms with Crippen molar-refractivity contribution in [1.82, 2.24) is 19.4 Å².